The zero-order valence-electron chi connectivity index (χ0n) is 12.1. The van der Waals surface area contributed by atoms with Gasteiger partial charge in [-0.25, -0.2) is 0 Å². The van der Waals surface area contributed by atoms with E-state index < -0.39 is 0 Å². The van der Waals surface area contributed by atoms with Gasteiger partial charge in [-0.3, -0.25) is 4.99 Å². The van der Waals surface area contributed by atoms with E-state index in [1.54, 1.807) is 0 Å². The van der Waals surface area contributed by atoms with Crippen LogP contribution in [0.25, 0.3) is 5.32 Å². The minimum atomic E-state index is 0.389. The molecule has 0 aromatic carbocycles. The van der Waals surface area contributed by atoms with Gasteiger partial charge in [0.05, 0.1) is 6.54 Å². The van der Waals surface area contributed by atoms with Gasteiger partial charge in [-0.2, -0.15) is 0 Å². The summed E-state index contributed by atoms with van der Waals surface area (Å²) in [5, 5.41) is 4.68. The molecule has 0 radical (unpaired) electrons. The topological polar surface area (TPSA) is 29.7 Å². The van der Waals surface area contributed by atoms with Crippen molar-refractivity contribution in [3.05, 3.63) is 5.32 Å². The van der Waals surface area contributed by atoms with Crippen molar-refractivity contribution in [1.82, 2.24) is 4.90 Å². The molecule has 1 saturated heterocycles. The number of aliphatic imine (C=N–C) groups is 1. The van der Waals surface area contributed by atoms with Crippen molar-refractivity contribution in [3.8, 4) is 0 Å². The van der Waals surface area contributed by atoms with Crippen LogP contribution < -0.4 is 0 Å². The van der Waals surface area contributed by atoms with Crippen LogP contribution in [0.3, 0.4) is 0 Å². The zero-order chi connectivity index (χ0) is 14.5. The average molecular weight is 354 g/mol. The monoisotopic (exact) mass is 352 g/mol. The fraction of sp³-hybridized carbons (Fsp3) is 0.923. The number of likely N-dealkylation sites (N-methyl/N-ethyl adjacent to an activating group) is 1. The summed E-state index contributed by atoms with van der Waals surface area (Å²) in [6, 6.07) is 0.924. The van der Waals surface area contributed by atoms with E-state index in [9.17, 15) is 0 Å². The van der Waals surface area contributed by atoms with Gasteiger partial charge >= 0.3 is 33.0 Å². The number of rotatable bonds is 6. The predicted octanol–water partition coefficient (Wildman–Crippen LogP) is 4.09. The Morgan fingerprint density at radius 3 is 2.47 bits per heavy atom. The van der Waals surface area contributed by atoms with E-state index >= 15 is 0 Å². The van der Waals surface area contributed by atoms with E-state index in [0.29, 0.717) is 24.7 Å². The van der Waals surface area contributed by atoms with E-state index in [0.717, 1.165) is 26.2 Å². The molecule has 0 aromatic rings. The normalized spacial score (nSPS) is 23.7. The number of hydrogen-bond acceptors (Lipinski definition) is 2. The summed E-state index contributed by atoms with van der Waals surface area (Å²) in [5.41, 5.74) is 0. The standard InChI is InChI=1S/C13H26N3.2ClH.Ni/c1-4-16(5-2)10-9-14-11-13-8-6-7-12(3)15-13;;;/h11-13H,4-10H2,1-3H3;2*1H;/q-1;;;+4/p-2. The summed E-state index contributed by atoms with van der Waals surface area (Å²) < 4.78 is 0. The quantitative estimate of drug-likeness (QED) is 0.522. The third kappa shape index (κ3) is 11.0. The number of hydrogen-bond donors (Lipinski definition) is 0. The molecule has 6 heteroatoms. The van der Waals surface area contributed by atoms with Gasteiger partial charge in [0, 0.05) is 6.54 Å². The molecule has 0 N–H and O–H groups in total. The Morgan fingerprint density at radius 1 is 1.32 bits per heavy atom. The first-order valence-electron chi connectivity index (χ1n) is 6.92. The van der Waals surface area contributed by atoms with Crippen LogP contribution in [-0.2, 0) is 12.7 Å². The molecule has 2 atom stereocenters. The molecule has 1 aliphatic rings. The van der Waals surface area contributed by atoms with Crippen LogP contribution in [-0.4, -0.2) is 49.4 Å². The van der Waals surface area contributed by atoms with Gasteiger partial charge in [0.15, 0.2) is 0 Å². The van der Waals surface area contributed by atoms with E-state index in [1.165, 1.54) is 19.3 Å². The van der Waals surface area contributed by atoms with Crippen molar-refractivity contribution in [3.63, 3.8) is 0 Å². The van der Waals surface area contributed by atoms with Gasteiger partial charge in [-0.1, -0.05) is 46.1 Å². The SMILES string of the molecule is CCN(CC)CCN=CC1CCCC(C)[N-]1.[Cl][Ni+2][Cl]. The molecule has 0 aromatic heterocycles. The van der Waals surface area contributed by atoms with E-state index in [2.05, 4.69) is 42.2 Å². The van der Waals surface area contributed by atoms with Crippen LogP contribution in [0.15, 0.2) is 4.99 Å². The molecule has 19 heavy (non-hydrogen) atoms. The second kappa shape index (κ2) is 13.6. The summed E-state index contributed by atoms with van der Waals surface area (Å²) in [6.07, 6.45) is 5.82. The molecule has 1 aliphatic heterocycles. The number of nitrogens with zero attached hydrogens (tertiary/aromatic N) is 3. The molecule has 116 valence electrons. The van der Waals surface area contributed by atoms with Crippen molar-refractivity contribution < 1.29 is 12.7 Å². The minimum absolute atomic E-state index is 0.389. The third-order valence-electron chi connectivity index (χ3n) is 3.28. The summed E-state index contributed by atoms with van der Waals surface area (Å²) in [4.78, 5) is 6.91. The molecular weight excluding hydrogens is 328 g/mol. The van der Waals surface area contributed by atoms with Crippen molar-refractivity contribution >= 4 is 26.6 Å². The molecule has 1 fully saturated rings. The van der Waals surface area contributed by atoms with Crippen LogP contribution in [0.4, 0.5) is 0 Å². The molecule has 1 rings (SSSR count). The first-order chi connectivity index (χ1) is 9.17. The maximum atomic E-state index is 4.70. The first kappa shape index (κ1) is 19.7. The Labute approximate surface area is 132 Å². The van der Waals surface area contributed by atoms with Crippen LogP contribution >= 0.6 is 20.4 Å². The van der Waals surface area contributed by atoms with Crippen LogP contribution in [0.1, 0.15) is 40.0 Å². The first-order valence-corrected chi connectivity index (χ1v) is 9.64. The third-order valence-corrected chi connectivity index (χ3v) is 3.28. The summed E-state index contributed by atoms with van der Waals surface area (Å²) in [5.74, 6) is 0. The van der Waals surface area contributed by atoms with Gasteiger partial charge in [-0.05, 0) is 19.3 Å². The van der Waals surface area contributed by atoms with Crippen molar-refractivity contribution in [2.45, 2.75) is 52.1 Å². The van der Waals surface area contributed by atoms with E-state index in [1.807, 2.05) is 0 Å². The van der Waals surface area contributed by atoms with Gasteiger partial charge in [0.1, 0.15) is 0 Å². The number of halogens is 2. The van der Waals surface area contributed by atoms with Crippen LogP contribution in [0, 0.1) is 0 Å². The van der Waals surface area contributed by atoms with Gasteiger partial charge < -0.3 is 10.2 Å². The van der Waals surface area contributed by atoms with Crippen molar-refractivity contribution in [2.75, 3.05) is 26.2 Å². The zero-order valence-corrected chi connectivity index (χ0v) is 14.6. The molecule has 0 amide bonds. The van der Waals surface area contributed by atoms with E-state index in [-0.39, 0.29) is 0 Å². The second-order valence-corrected chi connectivity index (χ2v) is 6.25. The fourth-order valence-corrected chi connectivity index (χ4v) is 2.15. The summed E-state index contributed by atoms with van der Waals surface area (Å²) >= 11 is 0.569. The Balaban J connectivity index is 0.000000982. The second-order valence-electron chi connectivity index (χ2n) is 4.62. The molecule has 0 aliphatic carbocycles. The summed E-state index contributed by atoms with van der Waals surface area (Å²) in [7, 11) is 9.40. The average Bonchev–Trinajstić information content (AvgIpc) is 2.40. The van der Waals surface area contributed by atoms with Crippen molar-refractivity contribution in [2.24, 2.45) is 4.99 Å². The molecule has 3 nitrogen and oxygen atoms in total. The number of piperidine rings is 1. The Kier molecular flexibility index (Phi) is 14.1. The molecular formula is C13H26Cl2N3Ni+. The molecule has 0 spiro atoms. The maximum absolute atomic E-state index is 4.70. The Bertz CT molecular complexity index is 226. The molecule has 1 heterocycles. The molecule has 0 saturated carbocycles. The van der Waals surface area contributed by atoms with Crippen LogP contribution in [0.2, 0.25) is 0 Å². The summed E-state index contributed by atoms with van der Waals surface area (Å²) in [6.45, 7) is 10.8. The molecule has 0 bridgehead atoms. The van der Waals surface area contributed by atoms with E-state index in [4.69, 9.17) is 20.4 Å². The predicted molar refractivity (Wildman–Crippen MR) is 83.3 cm³/mol. The van der Waals surface area contributed by atoms with Gasteiger partial charge in [0.2, 0.25) is 0 Å². The molecule has 2 unspecified atom stereocenters. The van der Waals surface area contributed by atoms with Crippen molar-refractivity contribution in [1.29, 1.82) is 0 Å². The van der Waals surface area contributed by atoms with Crippen LogP contribution in [0.5, 0.6) is 0 Å². The Morgan fingerprint density at radius 2 is 1.95 bits per heavy atom. The van der Waals surface area contributed by atoms with Gasteiger partial charge in [0.25, 0.3) is 0 Å². The fourth-order valence-electron chi connectivity index (χ4n) is 2.15. The Hall–Kier alpha value is 0.664. The van der Waals surface area contributed by atoms with Gasteiger partial charge in [-0.15, -0.1) is 6.04 Å².